The van der Waals surface area contributed by atoms with E-state index in [1.165, 1.54) is 24.0 Å². The third kappa shape index (κ3) is 1.70. The second-order valence-electron chi connectivity index (χ2n) is 5.51. The highest BCUT2D eigenvalue weighted by Crippen LogP contribution is 2.36. The van der Waals surface area contributed by atoms with Gasteiger partial charge < -0.3 is 10.7 Å². The van der Waals surface area contributed by atoms with Crippen LogP contribution in [0.25, 0.3) is 11.0 Å². The maximum atomic E-state index is 6.01. The molecule has 0 bridgehead atoms. The maximum absolute atomic E-state index is 6.01. The quantitative estimate of drug-likeness (QED) is 0.659. The van der Waals surface area contributed by atoms with Gasteiger partial charge in [-0.05, 0) is 42.5 Å². The molecule has 3 N–H and O–H groups in total. The molecule has 3 heteroatoms. The number of nitrogens with zero attached hydrogens (tertiary/aromatic N) is 1. The van der Waals surface area contributed by atoms with E-state index in [4.69, 9.17) is 10.7 Å². The SMILES string of the molecule is Nc1cccc2[nH]c(C3CCCc4ccccc43)nc12. The van der Waals surface area contributed by atoms with Crippen LogP contribution in [0.4, 0.5) is 5.69 Å². The van der Waals surface area contributed by atoms with Crippen molar-refractivity contribution in [2.24, 2.45) is 0 Å². The number of para-hydroxylation sites is 1. The van der Waals surface area contributed by atoms with Crippen molar-refractivity contribution >= 4 is 16.7 Å². The Balaban J connectivity index is 1.86. The van der Waals surface area contributed by atoms with Crippen molar-refractivity contribution in [3.63, 3.8) is 0 Å². The van der Waals surface area contributed by atoms with E-state index in [2.05, 4.69) is 29.2 Å². The first-order valence-electron chi connectivity index (χ1n) is 7.15. The van der Waals surface area contributed by atoms with Crippen LogP contribution in [0.1, 0.15) is 35.7 Å². The van der Waals surface area contributed by atoms with Crippen LogP contribution < -0.4 is 5.73 Å². The number of nitrogen functional groups attached to an aromatic ring is 1. The third-order valence-electron chi connectivity index (χ3n) is 4.26. The molecule has 20 heavy (non-hydrogen) atoms. The fourth-order valence-electron chi connectivity index (χ4n) is 3.28. The van der Waals surface area contributed by atoms with Gasteiger partial charge in [-0.1, -0.05) is 30.3 Å². The molecule has 4 rings (SSSR count). The number of benzene rings is 2. The lowest BCUT2D eigenvalue weighted by molar-refractivity contribution is 0.596. The third-order valence-corrected chi connectivity index (χ3v) is 4.26. The topological polar surface area (TPSA) is 54.7 Å². The van der Waals surface area contributed by atoms with Crippen molar-refractivity contribution < 1.29 is 0 Å². The van der Waals surface area contributed by atoms with E-state index in [0.29, 0.717) is 5.92 Å². The number of H-pyrrole nitrogens is 1. The van der Waals surface area contributed by atoms with Gasteiger partial charge in [0.05, 0.1) is 11.2 Å². The number of nitrogens with one attached hydrogen (secondary N) is 1. The van der Waals surface area contributed by atoms with Crippen molar-refractivity contribution in [2.45, 2.75) is 25.2 Å². The van der Waals surface area contributed by atoms with Crippen LogP contribution in [0, 0.1) is 0 Å². The van der Waals surface area contributed by atoms with E-state index >= 15 is 0 Å². The lowest BCUT2D eigenvalue weighted by Crippen LogP contribution is -2.12. The smallest absolute Gasteiger partial charge is 0.114 e. The van der Waals surface area contributed by atoms with Gasteiger partial charge in [-0.2, -0.15) is 0 Å². The molecule has 1 aliphatic rings. The summed E-state index contributed by atoms with van der Waals surface area (Å²) in [4.78, 5) is 8.21. The highest BCUT2D eigenvalue weighted by molar-refractivity contribution is 5.87. The normalized spacial score (nSPS) is 18.1. The maximum Gasteiger partial charge on any atom is 0.114 e. The van der Waals surface area contributed by atoms with Gasteiger partial charge in [0.25, 0.3) is 0 Å². The van der Waals surface area contributed by atoms with E-state index in [9.17, 15) is 0 Å². The van der Waals surface area contributed by atoms with Gasteiger partial charge in [-0.3, -0.25) is 0 Å². The Bertz CT molecular complexity index is 773. The van der Waals surface area contributed by atoms with E-state index in [1.54, 1.807) is 0 Å². The summed E-state index contributed by atoms with van der Waals surface area (Å²) in [5.41, 5.74) is 11.5. The highest BCUT2D eigenvalue weighted by atomic mass is 14.9. The van der Waals surface area contributed by atoms with Crippen LogP contribution in [0.15, 0.2) is 42.5 Å². The minimum atomic E-state index is 0.367. The Morgan fingerprint density at radius 1 is 1.10 bits per heavy atom. The number of fused-ring (bicyclic) bond motifs is 2. The molecule has 0 fully saturated rings. The van der Waals surface area contributed by atoms with Crippen LogP contribution in [0.2, 0.25) is 0 Å². The van der Waals surface area contributed by atoms with Gasteiger partial charge in [-0.25, -0.2) is 4.98 Å². The van der Waals surface area contributed by atoms with E-state index < -0.39 is 0 Å². The summed E-state index contributed by atoms with van der Waals surface area (Å²) < 4.78 is 0. The predicted octanol–water partition coefficient (Wildman–Crippen LogP) is 3.61. The van der Waals surface area contributed by atoms with E-state index in [1.807, 2.05) is 18.2 Å². The number of anilines is 1. The van der Waals surface area contributed by atoms with Gasteiger partial charge in [0.1, 0.15) is 11.3 Å². The summed E-state index contributed by atoms with van der Waals surface area (Å²) in [5, 5.41) is 0. The van der Waals surface area contributed by atoms with Gasteiger partial charge in [-0.15, -0.1) is 0 Å². The van der Waals surface area contributed by atoms with Crippen LogP contribution in [-0.4, -0.2) is 9.97 Å². The Morgan fingerprint density at radius 2 is 2.00 bits per heavy atom. The standard InChI is InChI=1S/C17H17N3/c18-14-9-4-10-15-16(14)20-17(19-15)13-8-3-6-11-5-1-2-7-12(11)13/h1-2,4-5,7,9-10,13H,3,6,8,18H2,(H,19,20). The average Bonchev–Trinajstić information content (AvgIpc) is 2.92. The minimum Gasteiger partial charge on any atom is -0.397 e. The molecular formula is C17H17N3. The summed E-state index contributed by atoms with van der Waals surface area (Å²) in [6.07, 6.45) is 3.54. The molecule has 0 aliphatic heterocycles. The van der Waals surface area contributed by atoms with Crippen molar-refractivity contribution in [2.75, 3.05) is 5.73 Å². The van der Waals surface area contributed by atoms with Crippen molar-refractivity contribution in [1.82, 2.24) is 9.97 Å². The zero-order chi connectivity index (χ0) is 13.5. The molecule has 0 saturated heterocycles. The fraction of sp³-hybridized carbons (Fsp3) is 0.235. The summed E-state index contributed by atoms with van der Waals surface area (Å²) >= 11 is 0. The molecular weight excluding hydrogens is 246 g/mol. The zero-order valence-electron chi connectivity index (χ0n) is 11.3. The number of aryl methyl sites for hydroxylation is 1. The summed E-state index contributed by atoms with van der Waals surface area (Å²) in [5.74, 6) is 1.41. The van der Waals surface area contributed by atoms with E-state index in [0.717, 1.165) is 29.0 Å². The van der Waals surface area contributed by atoms with Crippen LogP contribution in [0.3, 0.4) is 0 Å². The molecule has 1 aromatic heterocycles. The second-order valence-corrected chi connectivity index (χ2v) is 5.51. The van der Waals surface area contributed by atoms with Crippen LogP contribution >= 0.6 is 0 Å². The van der Waals surface area contributed by atoms with Crippen molar-refractivity contribution in [3.8, 4) is 0 Å². The number of aromatic nitrogens is 2. The fourth-order valence-corrected chi connectivity index (χ4v) is 3.28. The first kappa shape index (κ1) is 11.5. The molecule has 1 aliphatic carbocycles. The first-order valence-corrected chi connectivity index (χ1v) is 7.15. The van der Waals surface area contributed by atoms with Gasteiger partial charge in [0.15, 0.2) is 0 Å². The number of imidazole rings is 1. The predicted molar refractivity (Wildman–Crippen MR) is 81.7 cm³/mol. The molecule has 1 atom stereocenters. The van der Waals surface area contributed by atoms with Crippen LogP contribution in [-0.2, 0) is 6.42 Å². The molecule has 0 radical (unpaired) electrons. The molecule has 3 nitrogen and oxygen atoms in total. The number of hydrogen-bond acceptors (Lipinski definition) is 2. The Hall–Kier alpha value is -2.29. The zero-order valence-corrected chi connectivity index (χ0v) is 11.3. The Labute approximate surface area is 117 Å². The van der Waals surface area contributed by atoms with Crippen LogP contribution in [0.5, 0.6) is 0 Å². The van der Waals surface area contributed by atoms with Crippen molar-refractivity contribution in [1.29, 1.82) is 0 Å². The molecule has 0 spiro atoms. The number of aromatic amines is 1. The average molecular weight is 263 g/mol. The molecule has 1 unspecified atom stereocenters. The molecule has 100 valence electrons. The first-order chi connectivity index (χ1) is 9.83. The van der Waals surface area contributed by atoms with Gasteiger partial charge in [0.2, 0.25) is 0 Å². The van der Waals surface area contributed by atoms with Crippen molar-refractivity contribution in [3.05, 3.63) is 59.4 Å². The Kier molecular flexibility index (Phi) is 2.52. The summed E-state index contributed by atoms with van der Waals surface area (Å²) in [6.45, 7) is 0. The summed E-state index contributed by atoms with van der Waals surface area (Å²) in [6, 6.07) is 14.6. The summed E-state index contributed by atoms with van der Waals surface area (Å²) in [7, 11) is 0. The molecule has 3 aromatic rings. The monoisotopic (exact) mass is 263 g/mol. The lowest BCUT2D eigenvalue weighted by atomic mass is 9.82. The molecule has 0 saturated carbocycles. The largest absolute Gasteiger partial charge is 0.397 e. The molecule has 2 aromatic carbocycles. The molecule has 1 heterocycles. The Morgan fingerprint density at radius 3 is 2.90 bits per heavy atom. The van der Waals surface area contributed by atoms with E-state index in [-0.39, 0.29) is 0 Å². The molecule has 0 amide bonds. The number of hydrogen-bond donors (Lipinski definition) is 2. The second kappa shape index (κ2) is 4.37. The minimum absolute atomic E-state index is 0.367. The number of rotatable bonds is 1. The number of nitrogens with two attached hydrogens (primary N) is 1. The van der Waals surface area contributed by atoms with Gasteiger partial charge >= 0.3 is 0 Å². The lowest BCUT2D eigenvalue weighted by Gasteiger charge is -2.23. The highest BCUT2D eigenvalue weighted by Gasteiger charge is 2.24. The van der Waals surface area contributed by atoms with Gasteiger partial charge in [0, 0.05) is 5.92 Å².